The first-order valence-corrected chi connectivity index (χ1v) is 8.37. The Bertz CT molecular complexity index is 856. The third-order valence-electron chi connectivity index (χ3n) is 3.46. The average molecular weight is 414 g/mol. The summed E-state index contributed by atoms with van der Waals surface area (Å²) in [6.07, 6.45) is 0. The lowest BCUT2D eigenvalue weighted by Crippen LogP contribution is -2.21. The van der Waals surface area contributed by atoms with Gasteiger partial charge in [0, 0.05) is 5.02 Å². The molecule has 2 aromatic rings. The van der Waals surface area contributed by atoms with Crippen LogP contribution < -0.4 is 19.5 Å². The minimum absolute atomic E-state index is 0.0903. The van der Waals surface area contributed by atoms with Crippen molar-refractivity contribution in [3.05, 3.63) is 45.9 Å². The minimum Gasteiger partial charge on any atom is -0.493 e. The Hall–Kier alpha value is -2.64. The Labute approximate surface area is 166 Å². The van der Waals surface area contributed by atoms with Crippen LogP contribution in [0.15, 0.2) is 30.3 Å². The molecule has 2 aromatic carbocycles. The fourth-order valence-electron chi connectivity index (χ4n) is 2.25. The van der Waals surface area contributed by atoms with Crippen LogP contribution >= 0.6 is 23.2 Å². The molecular weight excluding hydrogens is 397 g/mol. The quantitative estimate of drug-likeness (QED) is 0.694. The first-order chi connectivity index (χ1) is 12.9. The van der Waals surface area contributed by atoms with Crippen LogP contribution in [-0.2, 0) is 9.53 Å². The van der Waals surface area contributed by atoms with Gasteiger partial charge < -0.3 is 24.3 Å². The summed E-state index contributed by atoms with van der Waals surface area (Å²) in [4.78, 5) is 24.3. The van der Waals surface area contributed by atoms with Crippen molar-refractivity contribution < 1.29 is 28.5 Å². The highest BCUT2D eigenvalue weighted by Gasteiger charge is 2.22. The lowest BCUT2D eigenvalue weighted by Gasteiger charge is -2.15. The topological polar surface area (TPSA) is 83.1 Å². The minimum atomic E-state index is -0.759. The van der Waals surface area contributed by atoms with E-state index in [1.54, 1.807) is 12.1 Å². The third-order valence-corrected chi connectivity index (χ3v) is 4.01. The zero-order chi connectivity index (χ0) is 20.0. The molecule has 0 spiro atoms. The molecule has 0 aliphatic carbocycles. The summed E-state index contributed by atoms with van der Waals surface area (Å²) in [6, 6.07) is 7.59. The van der Waals surface area contributed by atoms with E-state index >= 15 is 0 Å². The predicted octanol–water partition coefficient (Wildman–Crippen LogP) is 3.81. The molecule has 0 bridgehead atoms. The molecule has 7 nitrogen and oxygen atoms in total. The van der Waals surface area contributed by atoms with Crippen LogP contribution in [0.3, 0.4) is 0 Å². The van der Waals surface area contributed by atoms with E-state index < -0.39 is 18.5 Å². The highest BCUT2D eigenvalue weighted by atomic mass is 35.5. The number of benzene rings is 2. The highest BCUT2D eigenvalue weighted by molar-refractivity contribution is 6.36. The summed E-state index contributed by atoms with van der Waals surface area (Å²) in [6.45, 7) is -0.519. The van der Waals surface area contributed by atoms with Gasteiger partial charge in [-0.3, -0.25) is 4.79 Å². The lowest BCUT2D eigenvalue weighted by molar-refractivity contribution is -0.119. The molecule has 9 heteroatoms. The number of nitrogens with one attached hydrogen (secondary N) is 1. The van der Waals surface area contributed by atoms with Gasteiger partial charge in [-0.05, 0) is 30.3 Å². The van der Waals surface area contributed by atoms with Gasteiger partial charge in [0.1, 0.15) is 5.56 Å². The van der Waals surface area contributed by atoms with Crippen LogP contribution in [0.25, 0.3) is 0 Å². The van der Waals surface area contributed by atoms with E-state index in [1.165, 1.54) is 39.5 Å². The number of methoxy groups -OCH3 is 3. The van der Waals surface area contributed by atoms with E-state index in [2.05, 4.69) is 5.32 Å². The fraction of sp³-hybridized carbons (Fsp3) is 0.222. The van der Waals surface area contributed by atoms with Gasteiger partial charge in [-0.1, -0.05) is 23.2 Å². The maximum Gasteiger partial charge on any atom is 0.342 e. The van der Waals surface area contributed by atoms with Gasteiger partial charge in [0.2, 0.25) is 5.75 Å². The molecule has 0 fully saturated rings. The maximum atomic E-state index is 12.3. The van der Waals surface area contributed by atoms with Gasteiger partial charge >= 0.3 is 5.97 Å². The summed E-state index contributed by atoms with van der Waals surface area (Å²) in [7, 11) is 4.25. The van der Waals surface area contributed by atoms with Crippen LogP contribution in [0.2, 0.25) is 10.0 Å². The second-order valence-electron chi connectivity index (χ2n) is 5.13. The summed E-state index contributed by atoms with van der Waals surface area (Å²) < 4.78 is 20.6. The number of hydrogen-bond acceptors (Lipinski definition) is 6. The van der Waals surface area contributed by atoms with Crippen molar-refractivity contribution >= 4 is 40.8 Å². The number of carbonyl (C=O) groups excluding carboxylic acids is 2. The van der Waals surface area contributed by atoms with Gasteiger partial charge in [0.25, 0.3) is 5.91 Å². The number of anilines is 1. The van der Waals surface area contributed by atoms with Crippen molar-refractivity contribution in [1.82, 2.24) is 0 Å². The maximum absolute atomic E-state index is 12.3. The molecule has 0 aromatic heterocycles. The molecule has 0 saturated heterocycles. The number of halogens is 2. The normalized spacial score (nSPS) is 10.1. The van der Waals surface area contributed by atoms with Crippen molar-refractivity contribution in [2.45, 2.75) is 0 Å². The number of ether oxygens (including phenoxy) is 4. The van der Waals surface area contributed by atoms with Crippen molar-refractivity contribution in [3.8, 4) is 17.2 Å². The Morgan fingerprint density at radius 2 is 1.67 bits per heavy atom. The predicted molar refractivity (Wildman–Crippen MR) is 101 cm³/mol. The molecule has 0 saturated carbocycles. The van der Waals surface area contributed by atoms with E-state index in [0.717, 1.165) is 0 Å². The van der Waals surface area contributed by atoms with Crippen molar-refractivity contribution in [2.75, 3.05) is 33.3 Å². The van der Waals surface area contributed by atoms with Crippen molar-refractivity contribution in [3.63, 3.8) is 0 Å². The highest BCUT2D eigenvalue weighted by Crippen LogP contribution is 2.39. The zero-order valence-electron chi connectivity index (χ0n) is 14.8. The van der Waals surface area contributed by atoms with Gasteiger partial charge in [0.05, 0.1) is 32.0 Å². The standard InChI is InChI=1S/C18H17Cl2NO6/c1-24-14-7-5-11(16(25-2)17(14)26-3)18(23)27-9-15(22)21-13-6-4-10(19)8-12(13)20/h4-8H,9H2,1-3H3,(H,21,22). The van der Waals surface area contributed by atoms with E-state index in [9.17, 15) is 9.59 Å². The molecule has 2 rings (SSSR count). The van der Waals surface area contributed by atoms with Gasteiger partial charge in [-0.25, -0.2) is 4.79 Å². The number of rotatable bonds is 7. The molecule has 0 radical (unpaired) electrons. The second-order valence-corrected chi connectivity index (χ2v) is 5.97. The summed E-state index contributed by atoms with van der Waals surface area (Å²) in [5.74, 6) is -0.548. The molecule has 0 heterocycles. The third kappa shape index (κ3) is 4.96. The van der Waals surface area contributed by atoms with Gasteiger partial charge in [0.15, 0.2) is 18.1 Å². The molecule has 0 aliphatic rings. The zero-order valence-corrected chi connectivity index (χ0v) is 16.3. The first kappa shape index (κ1) is 20.7. The van der Waals surface area contributed by atoms with Crippen LogP contribution in [0.4, 0.5) is 5.69 Å². The second kappa shape index (κ2) is 9.34. The lowest BCUT2D eigenvalue weighted by atomic mass is 10.1. The monoisotopic (exact) mass is 413 g/mol. The Morgan fingerprint density at radius 3 is 2.26 bits per heavy atom. The van der Waals surface area contributed by atoms with Crippen molar-refractivity contribution in [2.24, 2.45) is 0 Å². The number of esters is 1. The SMILES string of the molecule is COc1ccc(C(=O)OCC(=O)Nc2ccc(Cl)cc2Cl)c(OC)c1OC. The largest absolute Gasteiger partial charge is 0.493 e. The van der Waals surface area contributed by atoms with E-state index in [0.29, 0.717) is 16.5 Å². The molecule has 0 unspecified atom stereocenters. The summed E-state index contributed by atoms with van der Waals surface area (Å²) in [5.41, 5.74) is 0.443. The first-order valence-electron chi connectivity index (χ1n) is 7.62. The van der Waals surface area contributed by atoms with Crippen molar-refractivity contribution in [1.29, 1.82) is 0 Å². The molecule has 27 heavy (non-hydrogen) atoms. The van der Waals surface area contributed by atoms with E-state index in [1.807, 2.05) is 0 Å². The Balaban J connectivity index is 2.08. The van der Waals surface area contributed by atoms with Crippen LogP contribution in [0.1, 0.15) is 10.4 Å². The van der Waals surface area contributed by atoms with Crippen LogP contribution in [0, 0.1) is 0 Å². The van der Waals surface area contributed by atoms with Crippen LogP contribution in [0.5, 0.6) is 17.2 Å². The fourth-order valence-corrected chi connectivity index (χ4v) is 2.70. The smallest absolute Gasteiger partial charge is 0.342 e. The molecule has 144 valence electrons. The Kier molecular flexibility index (Phi) is 7.15. The number of carbonyl (C=O) groups is 2. The van der Waals surface area contributed by atoms with E-state index in [4.69, 9.17) is 42.1 Å². The summed E-state index contributed by atoms with van der Waals surface area (Å²) in [5, 5.41) is 3.23. The molecule has 1 amide bonds. The molecule has 0 atom stereocenters. The number of hydrogen-bond donors (Lipinski definition) is 1. The number of amides is 1. The average Bonchev–Trinajstić information content (AvgIpc) is 2.66. The van der Waals surface area contributed by atoms with Crippen LogP contribution in [-0.4, -0.2) is 39.8 Å². The Morgan fingerprint density at radius 1 is 0.963 bits per heavy atom. The van der Waals surface area contributed by atoms with Gasteiger partial charge in [-0.2, -0.15) is 0 Å². The van der Waals surface area contributed by atoms with Gasteiger partial charge in [-0.15, -0.1) is 0 Å². The molecular formula is C18H17Cl2NO6. The summed E-state index contributed by atoms with van der Waals surface area (Å²) >= 11 is 11.8. The van der Waals surface area contributed by atoms with E-state index in [-0.39, 0.29) is 22.1 Å². The molecule has 0 aliphatic heterocycles. The molecule has 1 N–H and O–H groups in total.